The van der Waals surface area contributed by atoms with Crippen LogP contribution in [-0.2, 0) is 26.2 Å². The highest BCUT2D eigenvalue weighted by atomic mass is 35.5. The highest BCUT2D eigenvalue weighted by molar-refractivity contribution is 7.92. The van der Waals surface area contributed by atoms with Crippen molar-refractivity contribution in [1.29, 1.82) is 0 Å². The lowest BCUT2D eigenvalue weighted by molar-refractivity contribution is -0.139. The summed E-state index contributed by atoms with van der Waals surface area (Å²) in [5, 5.41) is 3.56. The molecule has 196 valence electrons. The molecule has 1 N–H and O–H groups in total. The maximum Gasteiger partial charge on any atom is 0.264 e. The van der Waals surface area contributed by atoms with Crippen molar-refractivity contribution in [1.82, 2.24) is 10.2 Å². The molecule has 3 rings (SSSR count). The molecule has 37 heavy (non-hydrogen) atoms. The number of rotatable bonds is 9. The van der Waals surface area contributed by atoms with Crippen molar-refractivity contribution >= 4 is 73.9 Å². The van der Waals surface area contributed by atoms with Gasteiger partial charge in [-0.1, -0.05) is 70.7 Å². The number of nitrogens with zero attached hydrogens (tertiary/aromatic N) is 2. The third-order valence-electron chi connectivity index (χ3n) is 5.57. The predicted molar refractivity (Wildman–Crippen MR) is 148 cm³/mol. The summed E-state index contributed by atoms with van der Waals surface area (Å²) in [6.07, 6.45) is 0. The van der Waals surface area contributed by atoms with Gasteiger partial charge in [-0.15, -0.1) is 0 Å². The Bertz CT molecular complexity index is 1400. The molecule has 3 aromatic carbocycles. The van der Waals surface area contributed by atoms with Gasteiger partial charge in [0.2, 0.25) is 11.8 Å². The maximum atomic E-state index is 13.7. The van der Waals surface area contributed by atoms with Crippen molar-refractivity contribution in [2.24, 2.45) is 0 Å². The molecule has 0 heterocycles. The first-order chi connectivity index (χ1) is 17.4. The Morgan fingerprint density at radius 1 is 0.892 bits per heavy atom. The Morgan fingerprint density at radius 3 is 2.16 bits per heavy atom. The van der Waals surface area contributed by atoms with Gasteiger partial charge < -0.3 is 10.2 Å². The first-order valence-electron chi connectivity index (χ1n) is 10.9. The summed E-state index contributed by atoms with van der Waals surface area (Å²) < 4.78 is 28.3. The fourth-order valence-corrected chi connectivity index (χ4v) is 5.70. The number of nitrogens with one attached hydrogen (secondary N) is 1. The number of halogens is 4. The molecule has 2 amide bonds. The Labute approximate surface area is 235 Å². The van der Waals surface area contributed by atoms with Crippen molar-refractivity contribution in [3.8, 4) is 0 Å². The molecule has 0 aliphatic rings. The molecule has 0 aliphatic carbocycles. The fraction of sp³-hybridized carbons (Fsp3) is 0.200. The minimum absolute atomic E-state index is 0.0273. The van der Waals surface area contributed by atoms with Crippen LogP contribution in [0.1, 0.15) is 12.5 Å². The first kappa shape index (κ1) is 29.1. The van der Waals surface area contributed by atoms with Gasteiger partial charge in [-0.3, -0.25) is 13.9 Å². The maximum absolute atomic E-state index is 13.7. The van der Waals surface area contributed by atoms with Gasteiger partial charge in [-0.25, -0.2) is 8.42 Å². The van der Waals surface area contributed by atoms with Gasteiger partial charge in [-0.05, 0) is 55.0 Å². The van der Waals surface area contributed by atoms with E-state index in [2.05, 4.69) is 5.32 Å². The number of hydrogen-bond acceptors (Lipinski definition) is 4. The number of amides is 2. The second-order valence-corrected chi connectivity index (χ2v) is 11.5. The van der Waals surface area contributed by atoms with Crippen LogP contribution in [0.2, 0.25) is 20.1 Å². The highest BCUT2D eigenvalue weighted by Gasteiger charge is 2.32. The standard InChI is InChI=1S/C25H23Cl4N3O4S/c1-16(25(34)30-2)31(14-17-8-9-18(26)12-22(17)28)24(33)15-32(19-10-11-21(27)23(29)13-19)37(35,36)20-6-4-3-5-7-20/h3-13,16H,14-15H2,1-2H3,(H,30,34)/t16-/m0/s1. The van der Waals surface area contributed by atoms with Gasteiger partial charge in [0, 0.05) is 23.6 Å². The Kier molecular flexibility index (Phi) is 9.72. The second-order valence-electron chi connectivity index (χ2n) is 7.97. The zero-order valence-corrected chi connectivity index (χ0v) is 23.6. The van der Waals surface area contributed by atoms with E-state index in [-0.39, 0.29) is 27.2 Å². The lowest BCUT2D eigenvalue weighted by atomic mass is 10.1. The minimum Gasteiger partial charge on any atom is -0.357 e. The highest BCUT2D eigenvalue weighted by Crippen LogP contribution is 2.31. The summed E-state index contributed by atoms with van der Waals surface area (Å²) >= 11 is 24.5. The Hall–Kier alpha value is -2.49. The van der Waals surface area contributed by atoms with Gasteiger partial charge >= 0.3 is 0 Å². The normalized spacial score (nSPS) is 12.1. The molecular weight excluding hydrogens is 580 g/mol. The van der Waals surface area contributed by atoms with Crippen LogP contribution >= 0.6 is 46.4 Å². The fourth-order valence-electron chi connectivity index (χ4n) is 3.51. The molecule has 0 radical (unpaired) electrons. The molecule has 0 spiro atoms. The number of carbonyl (C=O) groups is 2. The minimum atomic E-state index is -4.21. The molecule has 0 bridgehead atoms. The van der Waals surface area contributed by atoms with E-state index in [1.807, 2.05) is 0 Å². The summed E-state index contributed by atoms with van der Waals surface area (Å²) in [5.41, 5.74) is 0.658. The molecule has 0 aliphatic heterocycles. The summed E-state index contributed by atoms with van der Waals surface area (Å²) in [6.45, 7) is 0.849. The largest absolute Gasteiger partial charge is 0.357 e. The molecule has 0 saturated carbocycles. The van der Waals surface area contributed by atoms with Gasteiger partial charge in [0.25, 0.3) is 10.0 Å². The molecule has 0 unspecified atom stereocenters. The molecule has 7 nitrogen and oxygen atoms in total. The van der Waals surface area contributed by atoms with Crippen LogP contribution in [-0.4, -0.2) is 44.8 Å². The van der Waals surface area contributed by atoms with Crippen LogP contribution in [0.5, 0.6) is 0 Å². The van der Waals surface area contributed by atoms with Crippen molar-refractivity contribution in [2.45, 2.75) is 24.4 Å². The van der Waals surface area contributed by atoms with E-state index in [1.165, 1.54) is 55.3 Å². The van der Waals surface area contributed by atoms with Crippen molar-refractivity contribution in [3.05, 3.63) is 92.4 Å². The van der Waals surface area contributed by atoms with E-state index < -0.39 is 34.4 Å². The van der Waals surface area contributed by atoms with E-state index in [4.69, 9.17) is 46.4 Å². The molecular formula is C25H23Cl4N3O4S. The van der Waals surface area contributed by atoms with Crippen molar-refractivity contribution in [3.63, 3.8) is 0 Å². The molecule has 3 aromatic rings. The molecule has 12 heteroatoms. The second kappa shape index (κ2) is 12.4. The number of benzene rings is 3. The smallest absolute Gasteiger partial charge is 0.264 e. The SMILES string of the molecule is CNC(=O)[C@H](C)N(Cc1ccc(Cl)cc1Cl)C(=O)CN(c1ccc(Cl)c(Cl)c1)S(=O)(=O)c1ccccc1. The van der Waals surface area contributed by atoms with Crippen LogP contribution < -0.4 is 9.62 Å². The quantitative estimate of drug-likeness (QED) is 0.342. The van der Waals surface area contributed by atoms with Crippen LogP contribution in [0.3, 0.4) is 0 Å². The van der Waals surface area contributed by atoms with Crippen LogP contribution in [0.25, 0.3) is 0 Å². The lowest BCUT2D eigenvalue weighted by Gasteiger charge is -2.32. The first-order valence-corrected chi connectivity index (χ1v) is 13.9. The van der Waals surface area contributed by atoms with Gasteiger partial charge in [-0.2, -0.15) is 0 Å². The van der Waals surface area contributed by atoms with E-state index in [0.29, 0.717) is 15.6 Å². The van der Waals surface area contributed by atoms with E-state index >= 15 is 0 Å². The summed E-state index contributed by atoms with van der Waals surface area (Å²) in [6, 6.07) is 15.7. The summed E-state index contributed by atoms with van der Waals surface area (Å²) in [4.78, 5) is 27.5. The van der Waals surface area contributed by atoms with Gasteiger partial charge in [0.05, 0.1) is 20.6 Å². The van der Waals surface area contributed by atoms with Crippen LogP contribution in [0, 0.1) is 0 Å². The van der Waals surface area contributed by atoms with E-state index in [1.54, 1.807) is 30.3 Å². The molecule has 0 fully saturated rings. The van der Waals surface area contributed by atoms with E-state index in [9.17, 15) is 18.0 Å². The zero-order chi connectivity index (χ0) is 27.3. The summed E-state index contributed by atoms with van der Waals surface area (Å²) in [7, 11) is -2.77. The molecule has 0 aromatic heterocycles. The number of likely N-dealkylation sites (N-methyl/N-ethyl adjacent to an activating group) is 1. The topological polar surface area (TPSA) is 86.8 Å². The number of hydrogen-bond donors (Lipinski definition) is 1. The average Bonchev–Trinajstić information content (AvgIpc) is 2.88. The van der Waals surface area contributed by atoms with Crippen molar-refractivity contribution < 1.29 is 18.0 Å². The van der Waals surface area contributed by atoms with Crippen LogP contribution in [0.4, 0.5) is 5.69 Å². The van der Waals surface area contributed by atoms with E-state index in [0.717, 1.165) is 4.31 Å². The number of anilines is 1. The Morgan fingerprint density at radius 2 is 1.57 bits per heavy atom. The number of carbonyl (C=O) groups excluding carboxylic acids is 2. The number of sulfonamides is 1. The third-order valence-corrected chi connectivity index (χ3v) is 8.68. The monoisotopic (exact) mass is 601 g/mol. The predicted octanol–water partition coefficient (Wildman–Crippen LogP) is 5.66. The molecule has 0 saturated heterocycles. The lowest BCUT2D eigenvalue weighted by Crippen LogP contribution is -2.50. The summed E-state index contributed by atoms with van der Waals surface area (Å²) in [5.74, 6) is -1.09. The van der Waals surface area contributed by atoms with Crippen molar-refractivity contribution in [2.75, 3.05) is 17.9 Å². The zero-order valence-electron chi connectivity index (χ0n) is 19.8. The molecule has 1 atom stereocenters. The average molecular weight is 603 g/mol. The van der Waals surface area contributed by atoms with Crippen LogP contribution in [0.15, 0.2) is 71.6 Å². The Balaban J connectivity index is 2.06. The van der Waals surface area contributed by atoms with Gasteiger partial charge in [0.1, 0.15) is 12.6 Å². The van der Waals surface area contributed by atoms with Gasteiger partial charge in [0.15, 0.2) is 0 Å². The third kappa shape index (κ3) is 6.89.